The number of rotatable bonds is 6. The van der Waals surface area contributed by atoms with Gasteiger partial charge in [-0.15, -0.1) is 38.0 Å². The Morgan fingerprint density at radius 2 is 2.11 bits per heavy atom. The van der Waals surface area contributed by atoms with Crippen molar-refractivity contribution in [1.82, 2.24) is 39.7 Å². The van der Waals surface area contributed by atoms with Crippen molar-refractivity contribution < 1.29 is 19.7 Å². The van der Waals surface area contributed by atoms with E-state index >= 15 is 0 Å². The number of aryl methyl sites for hydroxylation is 1. The van der Waals surface area contributed by atoms with Gasteiger partial charge < -0.3 is 19.7 Å². The molecule has 1 aliphatic heterocycles. The van der Waals surface area contributed by atoms with Gasteiger partial charge in [0.25, 0.3) is 0 Å². The molecule has 12 nitrogen and oxygen atoms in total. The molecular formula is C23H22N8O4S2. The number of aliphatic hydroxyl groups excluding tert-OH is 2. The van der Waals surface area contributed by atoms with Crippen molar-refractivity contribution >= 4 is 38.6 Å². The standard InChI is InChI=1S/C23H22N8O4S2/c1-11(32)19-20(34-3)17(31-9-15(27-29-31)23-24-6-7-36-23)18(33)21(35-19)22-28-25-10-30(22)13-4-5-14-16(8-13)37-12(2)26-14/h4-11,19-21,32-33H,1-3H3/t11?,19?,20-,21-/m1/s1. The Balaban J connectivity index is 1.47. The highest BCUT2D eigenvalue weighted by Crippen LogP contribution is 2.39. The lowest BCUT2D eigenvalue weighted by Crippen LogP contribution is -2.46. The van der Waals surface area contributed by atoms with Crippen LogP contribution in [0, 0.1) is 6.92 Å². The molecule has 2 unspecified atom stereocenters. The van der Waals surface area contributed by atoms with Crippen LogP contribution in [0.25, 0.3) is 32.3 Å². The molecule has 6 rings (SSSR count). The van der Waals surface area contributed by atoms with Crippen LogP contribution in [0.2, 0.25) is 0 Å². The van der Waals surface area contributed by atoms with Crippen LogP contribution in [-0.4, -0.2) is 75.4 Å². The first-order valence-corrected chi connectivity index (χ1v) is 13.0. The van der Waals surface area contributed by atoms with Gasteiger partial charge in [0, 0.05) is 24.4 Å². The van der Waals surface area contributed by atoms with E-state index in [-0.39, 0.29) is 11.5 Å². The lowest BCUT2D eigenvalue weighted by atomic mass is 9.98. The Bertz CT molecular complexity index is 1590. The molecule has 0 spiro atoms. The normalized spacial score (nSPS) is 21.1. The van der Waals surface area contributed by atoms with Crippen LogP contribution in [0.1, 0.15) is 23.9 Å². The molecule has 37 heavy (non-hydrogen) atoms. The number of fused-ring (bicyclic) bond motifs is 1. The summed E-state index contributed by atoms with van der Waals surface area (Å²) in [5.41, 5.74) is 2.50. The number of ether oxygens (including phenoxy) is 2. The van der Waals surface area contributed by atoms with Gasteiger partial charge in [0.05, 0.1) is 27.5 Å². The summed E-state index contributed by atoms with van der Waals surface area (Å²) in [5, 5.41) is 42.4. The molecule has 0 saturated heterocycles. The highest BCUT2D eigenvalue weighted by atomic mass is 32.1. The molecule has 1 aliphatic rings. The average molecular weight is 539 g/mol. The molecule has 4 aromatic heterocycles. The molecule has 4 atom stereocenters. The Labute approximate surface area is 218 Å². The van der Waals surface area contributed by atoms with E-state index in [0.29, 0.717) is 16.5 Å². The van der Waals surface area contributed by atoms with E-state index in [2.05, 4.69) is 30.5 Å². The van der Waals surface area contributed by atoms with Crippen molar-refractivity contribution in [3.8, 4) is 16.4 Å². The monoisotopic (exact) mass is 538 g/mol. The molecule has 0 amide bonds. The number of thiazole rings is 2. The van der Waals surface area contributed by atoms with Crippen LogP contribution in [-0.2, 0) is 9.47 Å². The summed E-state index contributed by atoms with van der Waals surface area (Å²) >= 11 is 3.01. The Hall–Kier alpha value is -3.56. The maximum Gasteiger partial charge on any atom is 0.177 e. The largest absolute Gasteiger partial charge is 0.507 e. The van der Waals surface area contributed by atoms with Gasteiger partial charge >= 0.3 is 0 Å². The van der Waals surface area contributed by atoms with E-state index in [0.717, 1.165) is 20.9 Å². The van der Waals surface area contributed by atoms with Crippen molar-refractivity contribution in [1.29, 1.82) is 0 Å². The van der Waals surface area contributed by atoms with Gasteiger partial charge in [0.1, 0.15) is 34.9 Å². The van der Waals surface area contributed by atoms with E-state index in [4.69, 9.17) is 9.47 Å². The highest BCUT2D eigenvalue weighted by Gasteiger charge is 2.44. The minimum Gasteiger partial charge on any atom is -0.507 e. The maximum atomic E-state index is 11.5. The first kappa shape index (κ1) is 23.8. The summed E-state index contributed by atoms with van der Waals surface area (Å²) in [6.45, 7) is 3.56. The second kappa shape index (κ2) is 9.39. The van der Waals surface area contributed by atoms with Gasteiger partial charge in [0.2, 0.25) is 0 Å². The fraction of sp³-hybridized carbons (Fsp3) is 0.304. The topological polar surface area (TPSA) is 146 Å². The average Bonchev–Trinajstić information content (AvgIpc) is 3.68. The second-order valence-electron chi connectivity index (χ2n) is 8.48. The lowest BCUT2D eigenvalue weighted by Gasteiger charge is -2.37. The number of hydrogen-bond donors (Lipinski definition) is 2. The number of benzene rings is 1. The highest BCUT2D eigenvalue weighted by molar-refractivity contribution is 7.18. The minimum absolute atomic E-state index is 0.177. The number of hydrogen-bond acceptors (Lipinski definition) is 12. The predicted octanol–water partition coefficient (Wildman–Crippen LogP) is 3.16. The summed E-state index contributed by atoms with van der Waals surface area (Å²) in [7, 11) is 1.48. The molecule has 0 saturated carbocycles. The third-order valence-electron chi connectivity index (χ3n) is 6.06. The summed E-state index contributed by atoms with van der Waals surface area (Å²) in [5.74, 6) is 0.152. The van der Waals surface area contributed by atoms with Crippen LogP contribution >= 0.6 is 22.7 Å². The van der Waals surface area contributed by atoms with Gasteiger partial charge in [-0.25, -0.2) is 14.6 Å². The van der Waals surface area contributed by atoms with Gasteiger partial charge in [-0.2, -0.15) is 0 Å². The zero-order chi connectivity index (χ0) is 25.7. The van der Waals surface area contributed by atoms with Gasteiger partial charge in [0.15, 0.2) is 17.7 Å². The zero-order valence-corrected chi connectivity index (χ0v) is 21.6. The smallest absolute Gasteiger partial charge is 0.177 e. The van der Waals surface area contributed by atoms with Crippen LogP contribution < -0.4 is 0 Å². The van der Waals surface area contributed by atoms with E-state index < -0.39 is 24.4 Å². The fourth-order valence-electron chi connectivity index (χ4n) is 4.40. The lowest BCUT2D eigenvalue weighted by molar-refractivity contribution is -0.133. The van der Waals surface area contributed by atoms with Crippen molar-refractivity contribution in [2.75, 3.05) is 7.11 Å². The molecule has 5 aromatic rings. The van der Waals surface area contributed by atoms with Crippen LogP contribution in [0.4, 0.5) is 0 Å². The molecule has 0 bridgehead atoms. The Kier molecular flexibility index (Phi) is 6.04. The number of nitrogens with zero attached hydrogens (tertiary/aromatic N) is 8. The first-order chi connectivity index (χ1) is 17.9. The van der Waals surface area contributed by atoms with Crippen LogP contribution in [0.15, 0.2) is 48.1 Å². The molecule has 1 aromatic carbocycles. The Morgan fingerprint density at radius 1 is 1.24 bits per heavy atom. The quantitative estimate of drug-likeness (QED) is 0.330. The van der Waals surface area contributed by atoms with Crippen LogP contribution in [0.5, 0.6) is 0 Å². The van der Waals surface area contributed by atoms with Gasteiger partial charge in [-0.3, -0.25) is 4.57 Å². The maximum absolute atomic E-state index is 11.5. The summed E-state index contributed by atoms with van der Waals surface area (Å²) in [6, 6.07) is 5.82. The van der Waals surface area contributed by atoms with Gasteiger partial charge in [-0.1, -0.05) is 5.21 Å². The minimum atomic E-state index is -1.06. The predicted molar refractivity (Wildman–Crippen MR) is 136 cm³/mol. The van der Waals surface area contributed by atoms with Crippen molar-refractivity contribution in [3.05, 3.63) is 58.9 Å². The molecular weight excluding hydrogens is 516 g/mol. The van der Waals surface area contributed by atoms with E-state index in [9.17, 15) is 10.2 Å². The van der Waals surface area contributed by atoms with E-state index in [1.165, 1.54) is 23.1 Å². The van der Waals surface area contributed by atoms with E-state index in [1.54, 1.807) is 41.5 Å². The molecule has 0 aliphatic carbocycles. The SMILES string of the molecule is CO[C@@H]1C(n2cc(-c3nccs3)nn2)=C(O)[C@H](c2nncn2-c2ccc3nc(C)sc3c2)OC1C(C)O. The number of methoxy groups -OCH3 is 1. The Morgan fingerprint density at radius 3 is 2.86 bits per heavy atom. The summed E-state index contributed by atoms with van der Waals surface area (Å²) in [6.07, 6.45) is 1.21. The van der Waals surface area contributed by atoms with Crippen molar-refractivity contribution in [2.24, 2.45) is 0 Å². The first-order valence-electron chi connectivity index (χ1n) is 11.3. The third kappa shape index (κ3) is 4.12. The van der Waals surface area contributed by atoms with Crippen molar-refractivity contribution in [3.63, 3.8) is 0 Å². The third-order valence-corrected chi connectivity index (χ3v) is 7.79. The second-order valence-corrected chi connectivity index (χ2v) is 10.6. The molecule has 0 radical (unpaired) electrons. The summed E-state index contributed by atoms with van der Waals surface area (Å²) in [4.78, 5) is 8.79. The van der Waals surface area contributed by atoms with Crippen molar-refractivity contribution in [2.45, 2.75) is 38.3 Å². The van der Waals surface area contributed by atoms with E-state index in [1.807, 2.05) is 30.5 Å². The number of aromatic nitrogens is 8. The van der Waals surface area contributed by atoms with Gasteiger partial charge in [-0.05, 0) is 32.0 Å². The number of aliphatic hydroxyl groups is 2. The molecule has 14 heteroatoms. The summed E-state index contributed by atoms with van der Waals surface area (Å²) < 4.78 is 16.1. The molecule has 190 valence electrons. The fourth-order valence-corrected chi connectivity index (χ4v) is 5.85. The zero-order valence-electron chi connectivity index (χ0n) is 20.0. The molecule has 0 fully saturated rings. The van der Waals surface area contributed by atoms with Crippen LogP contribution in [0.3, 0.4) is 0 Å². The molecule has 2 N–H and O–H groups in total. The molecule has 5 heterocycles.